The molecule has 0 radical (unpaired) electrons. The van der Waals surface area contributed by atoms with Crippen molar-refractivity contribution in [3.63, 3.8) is 0 Å². The molecule has 0 bridgehead atoms. The van der Waals surface area contributed by atoms with Gasteiger partial charge in [0.05, 0.1) is 11.3 Å². The van der Waals surface area contributed by atoms with Crippen LogP contribution in [0.4, 0.5) is 5.13 Å². The molecule has 2 heterocycles. The predicted octanol–water partition coefficient (Wildman–Crippen LogP) is 0.599. The number of hydrogen-bond acceptors (Lipinski definition) is 6. The lowest BCUT2D eigenvalue weighted by Gasteiger charge is -2.06. The number of aromatic nitrogens is 2. The Bertz CT molecular complexity index is 629. The van der Waals surface area contributed by atoms with Crippen LogP contribution in [-0.4, -0.2) is 34.9 Å². The van der Waals surface area contributed by atoms with E-state index in [9.17, 15) is 9.59 Å². The van der Waals surface area contributed by atoms with E-state index in [4.69, 9.17) is 5.73 Å². The third-order valence-electron chi connectivity index (χ3n) is 2.83. The van der Waals surface area contributed by atoms with Gasteiger partial charge in [-0.05, 0) is 18.6 Å². The number of nitrogens with one attached hydrogen (secondary N) is 2. The van der Waals surface area contributed by atoms with E-state index < -0.39 is 0 Å². The number of nitrogen functional groups attached to an aromatic ring is 1. The summed E-state index contributed by atoms with van der Waals surface area (Å²) in [6.07, 6.45) is 4.00. The molecule has 0 aliphatic heterocycles. The Hall–Kier alpha value is -2.48. The number of hydrogen-bond donors (Lipinski definition) is 3. The van der Waals surface area contributed by atoms with Crippen LogP contribution in [0.15, 0.2) is 29.9 Å². The lowest BCUT2D eigenvalue weighted by atomic mass is 10.2. The van der Waals surface area contributed by atoms with Crippen LogP contribution in [0.1, 0.15) is 22.5 Å². The summed E-state index contributed by atoms with van der Waals surface area (Å²) in [6, 6.07) is 3.38. The van der Waals surface area contributed by atoms with E-state index >= 15 is 0 Å². The Kier molecular flexibility index (Phi) is 5.84. The topological polar surface area (TPSA) is 110 Å². The van der Waals surface area contributed by atoms with Crippen LogP contribution in [0.2, 0.25) is 0 Å². The van der Waals surface area contributed by atoms with Gasteiger partial charge in [0.2, 0.25) is 5.91 Å². The van der Waals surface area contributed by atoms with Crippen molar-refractivity contribution in [1.29, 1.82) is 0 Å². The van der Waals surface area contributed by atoms with Crippen molar-refractivity contribution in [2.24, 2.45) is 0 Å². The molecule has 2 amide bonds. The molecule has 0 aliphatic rings. The highest BCUT2D eigenvalue weighted by Crippen LogP contribution is 2.12. The Labute approximate surface area is 132 Å². The molecule has 2 rings (SSSR count). The zero-order chi connectivity index (χ0) is 15.8. The number of nitrogens with zero attached hydrogens (tertiary/aromatic N) is 2. The van der Waals surface area contributed by atoms with Crippen LogP contribution in [0, 0.1) is 0 Å². The second-order valence-corrected chi connectivity index (χ2v) is 5.41. The second kappa shape index (κ2) is 8.08. The number of amides is 2. The smallest absolute Gasteiger partial charge is 0.252 e. The minimum absolute atomic E-state index is 0.0813. The van der Waals surface area contributed by atoms with Crippen molar-refractivity contribution in [3.05, 3.63) is 41.2 Å². The number of carbonyl (C=O) groups is 2. The van der Waals surface area contributed by atoms with Crippen molar-refractivity contribution >= 4 is 28.3 Å². The molecule has 4 N–H and O–H groups in total. The minimum atomic E-state index is -0.208. The number of anilines is 1. The van der Waals surface area contributed by atoms with Gasteiger partial charge in [0.15, 0.2) is 5.13 Å². The van der Waals surface area contributed by atoms with Crippen LogP contribution in [-0.2, 0) is 11.2 Å². The van der Waals surface area contributed by atoms with Crippen LogP contribution in [0.5, 0.6) is 0 Å². The van der Waals surface area contributed by atoms with Crippen LogP contribution < -0.4 is 16.4 Å². The molecule has 0 saturated carbocycles. The van der Waals surface area contributed by atoms with E-state index in [0.29, 0.717) is 36.6 Å². The molecule has 0 spiro atoms. The molecule has 0 atom stereocenters. The maximum atomic E-state index is 11.7. The number of thiazole rings is 1. The second-order valence-electron chi connectivity index (χ2n) is 4.52. The van der Waals surface area contributed by atoms with Gasteiger partial charge >= 0.3 is 0 Å². The first-order valence-electron chi connectivity index (χ1n) is 6.80. The summed E-state index contributed by atoms with van der Waals surface area (Å²) in [5, 5.41) is 7.80. The summed E-state index contributed by atoms with van der Waals surface area (Å²) >= 11 is 1.36. The van der Waals surface area contributed by atoms with Gasteiger partial charge in [-0.1, -0.05) is 0 Å². The van der Waals surface area contributed by atoms with E-state index in [0.717, 1.165) is 5.69 Å². The molecule has 0 unspecified atom stereocenters. The molecule has 8 heteroatoms. The highest BCUT2D eigenvalue weighted by molar-refractivity contribution is 7.13. The molecular formula is C14H17N5O2S. The maximum Gasteiger partial charge on any atom is 0.252 e. The fourth-order valence-corrected chi connectivity index (χ4v) is 2.34. The van der Waals surface area contributed by atoms with Gasteiger partial charge in [-0.3, -0.25) is 14.6 Å². The van der Waals surface area contributed by atoms with E-state index in [1.807, 2.05) is 5.38 Å². The summed E-state index contributed by atoms with van der Waals surface area (Å²) in [5.74, 6) is -0.289. The van der Waals surface area contributed by atoms with E-state index in [-0.39, 0.29) is 11.8 Å². The van der Waals surface area contributed by atoms with Crippen molar-refractivity contribution in [2.45, 2.75) is 12.8 Å². The van der Waals surface area contributed by atoms with Gasteiger partial charge in [-0.2, -0.15) is 0 Å². The van der Waals surface area contributed by atoms with Gasteiger partial charge < -0.3 is 16.4 Å². The molecule has 0 aromatic carbocycles. The highest BCUT2D eigenvalue weighted by atomic mass is 32.1. The SMILES string of the molecule is Nc1nc(CCC(=O)NCCNC(=O)c2cccnc2)cs1. The Morgan fingerprint density at radius 2 is 2.09 bits per heavy atom. The first-order chi connectivity index (χ1) is 10.6. The van der Waals surface area contributed by atoms with E-state index in [1.54, 1.807) is 18.3 Å². The highest BCUT2D eigenvalue weighted by Gasteiger charge is 2.06. The first-order valence-corrected chi connectivity index (χ1v) is 7.68. The van der Waals surface area contributed by atoms with Crippen molar-refractivity contribution in [1.82, 2.24) is 20.6 Å². The van der Waals surface area contributed by atoms with E-state index in [1.165, 1.54) is 17.5 Å². The maximum absolute atomic E-state index is 11.7. The third-order valence-corrected chi connectivity index (χ3v) is 3.56. The van der Waals surface area contributed by atoms with Gasteiger partial charge in [0.25, 0.3) is 5.91 Å². The largest absolute Gasteiger partial charge is 0.375 e. The van der Waals surface area contributed by atoms with Gasteiger partial charge in [0, 0.05) is 37.3 Å². The number of pyridine rings is 1. The van der Waals surface area contributed by atoms with E-state index in [2.05, 4.69) is 20.6 Å². The normalized spacial score (nSPS) is 10.2. The fourth-order valence-electron chi connectivity index (χ4n) is 1.74. The number of carbonyl (C=O) groups excluding carboxylic acids is 2. The van der Waals surface area contributed by atoms with Crippen molar-refractivity contribution < 1.29 is 9.59 Å². The number of aryl methyl sites for hydroxylation is 1. The van der Waals surface area contributed by atoms with Gasteiger partial charge in [-0.15, -0.1) is 11.3 Å². The molecule has 0 aliphatic carbocycles. The summed E-state index contributed by atoms with van der Waals surface area (Å²) in [7, 11) is 0. The van der Waals surface area contributed by atoms with Gasteiger partial charge in [0.1, 0.15) is 0 Å². The third kappa shape index (κ3) is 5.13. The standard InChI is InChI=1S/C14H17N5O2S/c15-14-19-11(9-22-14)3-4-12(20)17-6-7-18-13(21)10-2-1-5-16-8-10/h1-2,5,8-9H,3-4,6-7H2,(H2,15,19)(H,17,20)(H,18,21). The zero-order valence-electron chi connectivity index (χ0n) is 11.9. The summed E-state index contributed by atoms with van der Waals surface area (Å²) in [4.78, 5) is 31.3. The molecule has 0 fully saturated rings. The minimum Gasteiger partial charge on any atom is -0.375 e. The summed E-state index contributed by atoms with van der Waals surface area (Å²) in [6.45, 7) is 0.743. The Morgan fingerprint density at radius 3 is 2.77 bits per heavy atom. The average molecular weight is 319 g/mol. The van der Waals surface area contributed by atoms with Crippen LogP contribution in [0.3, 0.4) is 0 Å². The van der Waals surface area contributed by atoms with Gasteiger partial charge in [-0.25, -0.2) is 4.98 Å². The monoisotopic (exact) mass is 319 g/mol. The molecule has 116 valence electrons. The summed E-state index contributed by atoms with van der Waals surface area (Å²) in [5.41, 5.74) is 6.84. The molecule has 2 aromatic rings. The number of nitrogens with two attached hydrogens (primary N) is 1. The van der Waals surface area contributed by atoms with Crippen molar-refractivity contribution in [3.8, 4) is 0 Å². The summed E-state index contributed by atoms with van der Waals surface area (Å²) < 4.78 is 0. The lowest BCUT2D eigenvalue weighted by molar-refractivity contribution is -0.121. The van der Waals surface area contributed by atoms with Crippen LogP contribution >= 0.6 is 11.3 Å². The number of rotatable bonds is 7. The quantitative estimate of drug-likeness (QED) is 0.647. The Balaban J connectivity index is 1.60. The lowest BCUT2D eigenvalue weighted by Crippen LogP contribution is -2.34. The molecule has 7 nitrogen and oxygen atoms in total. The van der Waals surface area contributed by atoms with Crippen molar-refractivity contribution in [2.75, 3.05) is 18.8 Å². The molecule has 2 aromatic heterocycles. The first kappa shape index (κ1) is 15.9. The fraction of sp³-hybridized carbons (Fsp3) is 0.286. The predicted molar refractivity (Wildman–Crippen MR) is 84.4 cm³/mol. The molecular weight excluding hydrogens is 302 g/mol. The zero-order valence-corrected chi connectivity index (χ0v) is 12.7. The Morgan fingerprint density at radius 1 is 1.27 bits per heavy atom. The average Bonchev–Trinajstić information content (AvgIpc) is 2.96. The molecule has 0 saturated heterocycles. The van der Waals surface area contributed by atoms with Crippen LogP contribution in [0.25, 0.3) is 0 Å². The molecule has 22 heavy (non-hydrogen) atoms.